The molecule has 198 valence electrons. The second-order valence-corrected chi connectivity index (χ2v) is 10.1. The van der Waals surface area contributed by atoms with E-state index in [0.717, 1.165) is 50.1 Å². The average Bonchev–Trinajstić information content (AvgIpc) is 3.26. The number of hydrogen-bond acceptors (Lipinski definition) is 6. The van der Waals surface area contributed by atoms with Crippen LogP contribution in [0.4, 0.5) is 0 Å². The summed E-state index contributed by atoms with van der Waals surface area (Å²) >= 11 is 0. The van der Waals surface area contributed by atoms with Crippen molar-refractivity contribution >= 4 is 12.0 Å². The van der Waals surface area contributed by atoms with Gasteiger partial charge in [0.25, 0.3) is 0 Å². The van der Waals surface area contributed by atoms with Crippen molar-refractivity contribution in [3.8, 4) is 11.5 Å². The molecule has 0 bridgehead atoms. The Kier molecular flexibility index (Phi) is 6.37. The molecule has 2 N–H and O–H groups in total. The summed E-state index contributed by atoms with van der Waals surface area (Å²) in [6.07, 6.45) is 5.65. The van der Waals surface area contributed by atoms with Gasteiger partial charge in [-0.05, 0) is 71.9 Å². The number of allylic oxidation sites excluding steroid dienone is 1. The summed E-state index contributed by atoms with van der Waals surface area (Å²) < 4.78 is 19.6. The summed E-state index contributed by atoms with van der Waals surface area (Å²) in [5.74, 6) is 1.43. The molecule has 2 aromatic carbocycles. The van der Waals surface area contributed by atoms with Gasteiger partial charge in [-0.2, -0.15) is 0 Å². The predicted molar refractivity (Wildman–Crippen MR) is 141 cm³/mol. The molecule has 2 aliphatic heterocycles. The molecule has 6 rings (SSSR count). The minimum Gasteiger partial charge on any atom is -0.501 e. The average molecular weight is 517 g/mol. The van der Waals surface area contributed by atoms with Gasteiger partial charge in [-0.15, -0.1) is 0 Å². The number of carbonyl (C=O) groups is 1. The first-order valence-electron chi connectivity index (χ1n) is 13.0. The fourth-order valence-electron chi connectivity index (χ4n) is 6.21. The zero-order valence-corrected chi connectivity index (χ0v) is 21.7. The molecule has 1 aliphatic carbocycles. The lowest BCUT2D eigenvalue weighted by molar-refractivity contribution is 0.0697. The summed E-state index contributed by atoms with van der Waals surface area (Å²) in [6, 6.07) is 11.2. The van der Waals surface area contributed by atoms with Crippen LogP contribution >= 0.6 is 0 Å². The van der Waals surface area contributed by atoms with Crippen molar-refractivity contribution in [1.29, 1.82) is 0 Å². The standard InChI is InChI=1S/C30H32N2O6/c1-36-21-7-8-25-23(12-21)24-13-26-22-14-28(37-2)29(38-16-18-3-5-19(6-4-18)30(34)35)11-20(22)9-10-31(26)15-27(24)32(25)17-33/h3-6,11-12,14,26,33H,7-10,13,15-17H2,1-2H3,(H,34,35). The molecular weight excluding hydrogens is 484 g/mol. The third kappa shape index (κ3) is 4.14. The van der Waals surface area contributed by atoms with E-state index in [1.807, 2.05) is 0 Å². The van der Waals surface area contributed by atoms with Crippen LogP contribution in [0.2, 0.25) is 0 Å². The van der Waals surface area contributed by atoms with Crippen molar-refractivity contribution in [1.82, 2.24) is 9.47 Å². The first-order valence-corrected chi connectivity index (χ1v) is 13.0. The van der Waals surface area contributed by atoms with Gasteiger partial charge in [-0.1, -0.05) is 12.1 Å². The number of aromatic carboxylic acids is 1. The third-order valence-electron chi connectivity index (χ3n) is 8.19. The van der Waals surface area contributed by atoms with E-state index < -0.39 is 5.97 Å². The van der Waals surface area contributed by atoms with E-state index in [9.17, 15) is 9.90 Å². The molecule has 0 amide bonds. The van der Waals surface area contributed by atoms with Crippen LogP contribution in [0.25, 0.3) is 6.08 Å². The minimum atomic E-state index is -0.943. The van der Waals surface area contributed by atoms with Crippen LogP contribution in [0.15, 0.2) is 42.2 Å². The SMILES string of the molecule is COC1=Cc2c3c(n(CO)c2CC1)CN1CCc2cc(OCc4ccc(C(=O)O)cc4)c(OC)cc2C1C3. The van der Waals surface area contributed by atoms with Gasteiger partial charge < -0.3 is 29.0 Å². The third-order valence-corrected chi connectivity index (χ3v) is 8.19. The molecular formula is C30H32N2O6. The molecule has 0 saturated carbocycles. The van der Waals surface area contributed by atoms with Gasteiger partial charge in [0.15, 0.2) is 11.5 Å². The number of methoxy groups -OCH3 is 2. The minimum absolute atomic E-state index is 0.00350. The molecule has 0 saturated heterocycles. The van der Waals surface area contributed by atoms with E-state index in [-0.39, 0.29) is 18.3 Å². The van der Waals surface area contributed by atoms with Gasteiger partial charge in [0.1, 0.15) is 13.3 Å². The Balaban J connectivity index is 1.29. The Morgan fingerprint density at radius 3 is 2.55 bits per heavy atom. The molecule has 1 unspecified atom stereocenters. The van der Waals surface area contributed by atoms with Crippen LogP contribution in [-0.4, -0.2) is 46.4 Å². The molecule has 8 heteroatoms. The van der Waals surface area contributed by atoms with Crippen molar-refractivity contribution < 1.29 is 29.2 Å². The lowest BCUT2D eigenvalue weighted by Gasteiger charge is -2.41. The topological polar surface area (TPSA) is 93.4 Å². The Labute approximate surface area is 221 Å². The first-order chi connectivity index (χ1) is 18.5. The number of carboxylic acids is 1. The number of benzene rings is 2. The van der Waals surface area contributed by atoms with Crippen LogP contribution in [0.3, 0.4) is 0 Å². The van der Waals surface area contributed by atoms with Gasteiger partial charge in [-0.25, -0.2) is 4.79 Å². The molecule has 3 heterocycles. The smallest absolute Gasteiger partial charge is 0.335 e. The monoisotopic (exact) mass is 516 g/mol. The van der Waals surface area contributed by atoms with E-state index in [1.165, 1.54) is 33.6 Å². The van der Waals surface area contributed by atoms with Crippen LogP contribution in [0, 0.1) is 0 Å². The highest BCUT2D eigenvalue weighted by atomic mass is 16.5. The number of carboxylic acid groups (broad SMARTS) is 1. The van der Waals surface area contributed by atoms with Gasteiger partial charge in [0.2, 0.25) is 0 Å². The summed E-state index contributed by atoms with van der Waals surface area (Å²) in [5, 5.41) is 19.3. The molecule has 0 radical (unpaired) electrons. The summed E-state index contributed by atoms with van der Waals surface area (Å²) in [6.45, 7) is 2.05. The van der Waals surface area contributed by atoms with Crippen LogP contribution in [0.1, 0.15) is 62.0 Å². The van der Waals surface area contributed by atoms with Crippen molar-refractivity contribution in [2.75, 3.05) is 20.8 Å². The van der Waals surface area contributed by atoms with Gasteiger partial charge >= 0.3 is 5.97 Å². The summed E-state index contributed by atoms with van der Waals surface area (Å²) in [5.41, 5.74) is 8.60. The number of nitrogens with zero attached hydrogens (tertiary/aromatic N) is 2. The number of aliphatic hydroxyl groups excluding tert-OH is 1. The van der Waals surface area contributed by atoms with Crippen molar-refractivity contribution in [2.24, 2.45) is 0 Å². The van der Waals surface area contributed by atoms with E-state index in [2.05, 4.69) is 27.7 Å². The maximum atomic E-state index is 11.1. The number of hydrogen-bond donors (Lipinski definition) is 2. The lowest BCUT2D eigenvalue weighted by atomic mass is 9.84. The second-order valence-electron chi connectivity index (χ2n) is 10.1. The molecule has 3 aromatic rings. The second kappa shape index (κ2) is 9.85. The Morgan fingerprint density at radius 2 is 1.84 bits per heavy atom. The van der Waals surface area contributed by atoms with Crippen molar-refractivity contribution in [2.45, 2.75) is 51.6 Å². The van der Waals surface area contributed by atoms with Crippen LogP contribution in [0.5, 0.6) is 11.5 Å². The molecule has 3 aliphatic rings. The highest BCUT2D eigenvalue weighted by Gasteiger charge is 2.37. The summed E-state index contributed by atoms with van der Waals surface area (Å²) in [4.78, 5) is 13.6. The van der Waals surface area contributed by atoms with Gasteiger partial charge in [0.05, 0.1) is 25.5 Å². The Morgan fingerprint density at radius 1 is 1.03 bits per heavy atom. The quantitative estimate of drug-likeness (QED) is 0.483. The maximum absolute atomic E-state index is 11.1. The fraction of sp³-hybridized carbons (Fsp3) is 0.367. The first kappa shape index (κ1) is 24.6. The van der Waals surface area contributed by atoms with E-state index in [0.29, 0.717) is 18.1 Å². The number of aromatic nitrogens is 1. The fourth-order valence-corrected chi connectivity index (χ4v) is 6.21. The zero-order chi connectivity index (χ0) is 26.4. The van der Waals surface area contributed by atoms with Gasteiger partial charge in [-0.3, -0.25) is 4.90 Å². The molecule has 38 heavy (non-hydrogen) atoms. The highest BCUT2D eigenvalue weighted by Crippen LogP contribution is 2.45. The van der Waals surface area contributed by atoms with E-state index >= 15 is 0 Å². The molecule has 0 fully saturated rings. The van der Waals surface area contributed by atoms with Crippen molar-refractivity contribution in [3.63, 3.8) is 0 Å². The van der Waals surface area contributed by atoms with E-state index in [4.69, 9.17) is 19.3 Å². The number of fused-ring (bicyclic) bond motifs is 6. The Bertz CT molecular complexity index is 1420. The van der Waals surface area contributed by atoms with E-state index in [1.54, 1.807) is 38.5 Å². The number of ether oxygens (including phenoxy) is 3. The maximum Gasteiger partial charge on any atom is 0.335 e. The molecule has 8 nitrogen and oxygen atoms in total. The normalized spacial score (nSPS) is 18.0. The summed E-state index contributed by atoms with van der Waals surface area (Å²) in [7, 11) is 3.38. The number of rotatable bonds is 7. The molecule has 1 aromatic heterocycles. The van der Waals surface area contributed by atoms with Gasteiger partial charge in [0, 0.05) is 42.5 Å². The molecule has 1 atom stereocenters. The zero-order valence-electron chi connectivity index (χ0n) is 21.7. The highest BCUT2D eigenvalue weighted by molar-refractivity contribution is 5.87. The van der Waals surface area contributed by atoms with Crippen molar-refractivity contribution in [3.05, 3.63) is 86.9 Å². The van der Waals surface area contributed by atoms with Crippen LogP contribution < -0.4 is 9.47 Å². The number of aliphatic hydroxyl groups is 1. The lowest BCUT2D eigenvalue weighted by Crippen LogP contribution is -2.40. The largest absolute Gasteiger partial charge is 0.501 e. The Hall–Kier alpha value is -3.75. The van der Waals surface area contributed by atoms with Crippen LogP contribution in [-0.2, 0) is 43.9 Å². The molecule has 0 spiro atoms. The predicted octanol–water partition coefficient (Wildman–Crippen LogP) is 4.31.